The van der Waals surface area contributed by atoms with Crippen molar-refractivity contribution in [2.75, 3.05) is 11.9 Å². The van der Waals surface area contributed by atoms with Crippen LogP contribution in [0.1, 0.15) is 16.1 Å². The summed E-state index contributed by atoms with van der Waals surface area (Å²) in [6.07, 6.45) is 0. The van der Waals surface area contributed by atoms with E-state index in [0.29, 0.717) is 16.3 Å². The summed E-state index contributed by atoms with van der Waals surface area (Å²) in [7, 11) is 0. The maximum atomic E-state index is 12.4. The van der Waals surface area contributed by atoms with Gasteiger partial charge in [-0.3, -0.25) is 4.79 Å². The summed E-state index contributed by atoms with van der Waals surface area (Å²) in [6.45, 7) is 1.16. The van der Waals surface area contributed by atoms with Crippen molar-refractivity contribution in [3.63, 3.8) is 0 Å². The van der Waals surface area contributed by atoms with Gasteiger partial charge in [0.1, 0.15) is 17.0 Å². The van der Waals surface area contributed by atoms with Crippen LogP contribution in [0, 0.1) is 6.92 Å². The zero-order chi connectivity index (χ0) is 18.5. The van der Waals surface area contributed by atoms with Gasteiger partial charge in [0.05, 0.1) is 5.02 Å². The molecule has 0 atom stereocenters. The van der Waals surface area contributed by atoms with E-state index >= 15 is 0 Å². The van der Waals surface area contributed by atoms with Crippen molar-refractivity contribution in [3.05, 3.63) is 70.9 Å². The fourth-order valence-corrected chi connectivity index (χ4v) is 2.60. The highest BCUT2D eigenvalue weighted by molar-refractivity contribution is 6.33. The number of anilines is 1. The van der Waals surface area contributed by atoms with E-state index in [2.05, 4.69) is 10.5 Å². The van der Waals surface area contributed by atoms with Crippen LogP contribution in [0.4, 0.5) is 5.69 Å². The lowest BCUT2D eigenvalue weighted by Gasteiger charge is -2.07. The zero-order valence-corrected chi connectivity index (χ0v) is 14.6. The quantitative estimate of drug-likeness (QED) is 0.684. The van der Waals surface area contributed by atoms with Gasteiger partial charge < -0.3 is 14.6 Å². The number of carbonyl (C=O) groups excluding carboxylic acids is 2. The Bertz CT molecular complexity index is 938. The fourth-order valence-electron chi connectivity index (χ4n) is 2.37. The Labute approximate surface area is 154 Å². The van der Waals surface area contributed by atoms with E-state index in [1.165, 1.54) is 0 Å². The second-order valence-corrected chi connectivity index (χ2v) is 5.84. The molecule has 0 aliphatic heterocycles. The lowest BCUT2D eigenvalue weighted by Crippen LogP contribution is -2.21. The third-order valence-corrected chi connectivity index (χ3v) is 3.92. The van der Waals surface area contributed by atoms with E-state index in [0.717, 1.165) is 0 Å². The molecule has 3 rings (SSSR count). The summed E-state index contributed by atoms with van der Waals surface area (Å²) in [5.41, 5.74) is 1.59. The third-order valence-electron chi connectivity index (χ3n) is 3.59. The van der Waals surface area contributed by atoms with Gasteiger partial charge in [-0.05, 0) is 25.1 Å². The first-order chi connectivity index (χ1) is 12.6. The first-order valence-electron chi connectivity index (χ1n) is 7.79. The number of hydrogen-bond acceptors (Lipinski definition) is 5. The number of para-hydroxylation sites is 1. The Morgan fingerprint density at radius 2 is 1.81 bits per heavy atom. The second kappa shape index (κ2) is 7.84. The van der Waals surface area contributed by atoms with Crippen molar-refractivity contribution in [3.8, 4) is 11.3 Å². The van der Waals surface area contributed by atoms with E-state index in [-0.39, 0.29) is 17.0 Å². The van der Waals surface area contributed by atoms with Crippen LogP contribution in [-0.4, -0.2) is 23.6 Å². The molecule has 0 bridgehead atoms. The van der Waals surface area contributed by atoms with Crippen molar-refractivity contribution in [1.82, 2.24) is 5.16 Å². The van der Waals surface area contributed by atoms with E-state index in [1.54, 1.807) is 55.5 Å². The minimum absolute atomic E-state index is 0.144. The number of benzene rings is 2. The van der Waals surface area contributed by atoms with Gasteiger partial charge in [0.25, 0.3) is 5.91 Å². The van der Waals surface area contributed by atoms with Crippen molar-refractivity contribution >= 4 is 29.2 Å². The molecule has 0 saturated carbocycles. The number of rotatable bonds is 5. The van der Waals surface area contributed by atoms with Crippen LogP contribution < -0.4 is 5.32 Å². The molecule has 0 spiro atoms. The number of amides is 1. The first kappa shape index (κ1) is 17.7. The van der Waals surface area contributed by atoms with Gasteiger partial charge >= 0.3 is 5.97 Å². The highest BCUT2D eigenvalue weighted by Gasteiger charge is 2.24. The molecular formula is C19H15ClN2O4. The summed E-state index contributed by atoms with van der Waals surface area (Å²) in [4.78, 5) is 24.4. The van der Waals surface area contributed by atoms with Crippen molar-refractivity contribution in [2.24, 2.45) is 0 Å². The summed E-state index contributed by atoms with van der Waals surface area (Å²) >= 11 is 6.16. The number of esters is 1. The molecule has 0 radical (unpaired) electrons. The highest BCUT2D eigenvalue weighted by atomic mass is 35.5. The van der Waals surface area contributed by atoms with Crippen LogP contribution in [-0.2, 0) is 9.53 Å². The first-order valence-corrected chi connectivity index (χ1v) is 8.17. The number of hydrogen-bond donors (Lipinski definition) is 1. The summed E-state index contributed by atoms with van der Waals surface area (Å²) in [5, 5.41) is 6.97. The van der Waals surface area contributed by atoms with Gasteiger partial charge in [-0.2, -0.15) is 0 Å². The molecule has 1 aromatic heterocycles. The molecule has 132 valence electrons. The maximum absolute atomic E-state index is 12.4. The van der Waals surface area contributed by atoms with E-state index < -0.39 is 18.5 Å². The van der Waals surface area contributed by atoms with Crippen LogP contribution in [0.25, 0.3) is 11.3 Å². The number of ether oxygens (including phenoxy) is 1. The standard InChI is InChI=1S/C19H15ClN2O4/c1-12-17(18(22-26-12)14-9-5-6-10-15(14)20)19(24)25-11-16(23)21-13-7-3-2-4-8-13/h2-10H,11H2,1H3,(H,21,23). The van der Waals surface area contributed by atoms with Crippen molar-refractivity contribution in [1.29, 1.82) is 0 Å². The van der Waals surface area contributed by atoms with Gasteiger partial charge in [-0.1, -0.05) is 53.2 Å². The zero-order valence-electron chi connectivity index (χ0n) is 13.9. The highest BCUT2D eigenvalue weighted by Crippen LogP contribution is 2.31. The van der Waals surface area contributed by atoms with Crippen LogP contribution in [0.15, 0.2) is 59.1 Å². The van der Waals surface area contributed by atoms with Gasteiger partial charge in [0.2, 0.25) is 0 Å². The van der Waals surface area contributed by atoms with Crippen LogP contribution >= 0.6 is 11.6 Å². The monoisotopic (exact) mass is 370 g/mol. The average molecular weight is 371 g/mol. The van der Waals surface area contributed by atoms with Crippen molar-refractivity contribution in [2.45, 2.75) is 6.92 Å². The minimum Gasteiger partial charge on any atom is -0.452 e. The molecule has 6 nitrogen and oxygen atoms in total. The maximum Gasteiger partial charge on any atom is 0.344 e. The van der Waals surface area contributed by atoms with E-state index in [9.17, 15) is 9.59 Å². The molecule has 2 aromatic carbocycles. The molecule has 26 heavy (non-hydrogen) atoms. The Kier molecular flexibility index (Phi) is 5.34. The number of halogens is 1. The Balaban J connectivity index is 1.72. The molecule has 0 unspecified atom stereocenters. The molecule has 7 heteroatoms. The number of aryl methyl sites for hydroxylation is 1. The topological polar surface area (TPSA) is 81.4 Å². The van der Waals surface area contributed by atoms with Gasteiger partial charge in [0, 0.05) is 11.3 Å². The number of nitrogens with one attached hydrogen (secondary N) is 1. The van der Waals surface area contributed by atoms with Crippen molar-refractivity contribution < 1.29 is 18.8 Å². The molecule has 1 heterocycles. The average Bonchev–Trinajstić information content (AvgIpc) is 3.02. The normalized spacial score (nSPS) is 10.4. The van der Waals surface area contributed by atoms with Gasteiger partial charge in [-0.15, -0.1) is 0 Å². The molecule has 0 saturated heterocycles. The number of nitrogens with zero attached hydrogens (tertiary/aromatic N) is 1. The Hall–Kier alpha value is -3.12. The predicted octanol–water partition coefficient (Wildman–Crippen LogP) is 4.10. The van der Waals surface area contributed by atoms with Gasteiger partial charge in [-0.25, -0.2) is 4.79 Å². The summed E-state index contributed by atoms with van der Waals surface area (Å²) in [5.74, 6) is -0.867. The lowest BCUT2D eigenvalue weighted by molar-refractivity contribution is -0.119. The smallest absolute Gasteiger partial charge is 0.344 e. The Morgan fingerprint density at radius 1 is 1.12 bits per heavy atom. The molecule has 0 fully saturated rings. The molecule has 1 N–H and O–H groups in total. The third kappa shape index (κ3) is 3.92. The summed E-state index contributed by atoms with van der Waals surface area (Å²) < 4.78 is 10.2. The molecule has 0 aliphatic rings. The number of aromatic nitrogens is 1. The van der Waals surface area contributed by atoms with Crippen LogP contribution in [0.5, 0.6) is 0 Å². The molecule has 0 aliphatic carbocycles. The minimum atomic E-state index is -0.707. The summed E-state index contributed by atoms with van der Waals surface area (Å²) in [6, 6.07) is 15.8. The SMILES string of the molecule is Cc1onc(-c2ccccc2Cl)c1C(=O)OCC(=O)Nc1ccccc1. The fraction of sp³-hybridized carbons (Fsp3) is 0.105. The number of carbonyl (C=O) groups is 2. The van der Waals surface area contributed by atoms with E-state index in [4.69, 9.17) is 20.9 Å². The van der Waals surface area contributed by atoms with Crippen LogP contribution in [0.2, 0.25) is 5.02 Å². The predicted molar refractivity (Wildman–Crippen MR) is 97.0 cm³/mol. The molecule has 3 aromatic rings. The Morgan fingerprint density at radius 3 is 2.54 bits per heavy atom. The van der Waals surface area contributed by atoms with Gasteiger partial charge in [0.15, 0.2) is 6.61 Å². The molecule has 1 amide bonds. The largest absolute Gasteiger partial charge is 0.452 e. The van der Waals surface area contributed by atoms with Crippen LogP contribution in [0.3, 0.4) is 0 Å². The second-order valence-electron chi connectivity index (χ2n) is 5.43. The molecular weight excluding hydrogens is 356 g/mol. The van der Waals surface area contributed by atoms with E-state index in [1.807, 2.05) is 6.07 Å². The lowest BCUT2D eigenvalue weighted by atomic mass is 10.1.